The van der Waals surface area contributed by atoms with Crippen LogP contribution in [0.15, 0.2) is 41.2 Å². The molecule has 2 aliphatic rings. The van der Waals surface area contributed by atoms with Crippen molar-refractivity contribution in [3.05, 3.63) is 69.6 Å². The van der Waals surface area contributed by atoms with E-state index in [1.165, 1.54) is 15.3 Å². The number of carbonyl (C=O) groups excluding carboxylic acids is 3. The van der Waals surface area contributed by atoms with Gasteiger partial charge in [0.15, 0.2) is 11.6 Å². The smallest absolute Gasteiger partial charge is 0.341 e. The zero-order valence-corrected chi connectivity index (χ0v) is 23.2. The number of halogens is 2. The number of rotatable bonds is 8. The van der Waals surface area contributed by atoms with Crippen molar-refractivity contribution in [1.29, 1.82) is 0 Å². The summed E-state index contributed by atoms with van der Waals surface area (Å²) in [6.45, 7) is 1.19. The van der Waals surface area contributed by atoms with Gasteiger partial charge in [-0.05, 0) is 80.2 Å². The minimum Gasteiger partial charge on any atom is -0.341 e. The molecule has 3 aromatic rings. The average Bonchev–Trinajstić information content (AvgIpc) is 3.21. The molecule has 2 saturated heterocycles. The number of piperidine rings is 2. The van der Waals surface area contributed by atoms with E-state index < -0.39 is 23.4 Å². The number of nitrogens with two attached hydrogens (primary N) is 1. The Hall–Kier alpha value is -3.86. The molecule has 218 valence electrons. The van der Waals surface area contributed by atoms with Crippen LogP contribution < -0.4 is 16.4 Å². The molecule has 1 atom stereocenters. The Kier molecular flexibility index (Phi) is 8.35. The first-order valence-electron chi connectivity index (χ1n) is 14.2. The van der Waals surface area contributed by atoms with Crippen LogP contribution in [0, 0.1) is 17.6 Å². The summed E-state index contributed by atoms with van der Waals surface area (Å²) in [6, 6.07) is 8.33. The number of aromatic nitrogens is 2. The van der Waals surface area contributed by atoms with Crippen LogP contribution in [-0.2, 0) is 34.3 Å². The number of hydrogen-bond donors (Lipinski definition) is 1. The number of fused-ring (bicyclic) bond motifs is 1. The zero-order chi connectivity index (χ0) is 29.3. The van der Waals surface area contributed by atoms with Crippen LogP contribution in [0.25, 0.3) is 11.0 Å². The van der Waals surface area contributed by atoms with Gasteiger partial charge in [0.1, 0.15) is 0 Å². The first-order chi connectivity index (χ1) is 19.7. The maximum atomic E-state index is 13.5. The highest BCUT2D eigenvalue weighted by Crippen LogP contribution is 2.26. The van der Waals surface area contributed by atoms with E-state index in [9.17, 15) is 28.0 Å². The molecule has 41 heavy (non-hydrogen) atoms. The predicted octanol–water partition coefficient (Wildman–Crippen LogP) is 2.92. The van der Waals surface area contributed by atoms with Crippen molar-refractivity contribution in [3.63, 3.8) is 0 Å². The normalized spacial score (nSPS) is 17.5. The van der Waals surface area contributed by atoms with Crippen LogP contribution in [0.2, 0.25) is 0 Å². The van der Waals surface area contributed by atoms with Gasteiger partial charge in [0.2, 0.25) is 17.7 Å². The lowest BCUT2D eigenvalue weighted by Gasteiger charge is -2.33. The third-order valence-electron chi connectivity index (χ3n) is 8.33. The third-order valence-corrected chi connectivity index (χ3v) is 8.33. The van der Waals surface area contributed by atoms with E-state index in [0.29, 0.717) is 36.5 Å². The monoisotopic (exact) mass is 567 g/mol. The second-order valence-electron chi connectivity index (χ2n) is 11.1. The third kappa shape index (κ3) is 5.81. The Bertz CT molecular complexity index is 1520. The molecule has 3 heterocycles. The molecule has 1 aromatic heterocycles. The van der Waals surface area contributed by atoms with Crippen molar-refractivity contribution < 1.29 is 23.2 Å². The summed E-state index contributed by atoms with van der Waals surface area (Å²) in [5.41, 5.74) is 8.42. The molecule has 0 unspecified atom stereocenters. The van der Waals surface area contributed by atoms with Gasteiger partial charge in [0.25, 0.3) is 0 Å². The Morgan fingerprint density at radius 2 is 1.73 bits per heavy atom. The van der Waals surface area contributed by atoms with Gasteiger partial charge in [0, 0.05) is 33.0 Å². The number of para-hydroxylation sites is 1. The molecule has 2 N–H and O–H groups in total. The Morgan fingerprint density at radius 3 is 2.41 bits per heavy atom. The molecule has 2 aromatic carbocycles. The van der Waals surface area contributed by atoms with Gasteiger partial charge in [-0.2, -0.15) is 9.69 Å². The fourth-order valence-corrected chi connectivity index (χ4v) is 6.10. The SMILES string of the molecule is Cn1c(=O)n(N2C(=O)CCCC2=O)c2cccc(CCCC3CCN(C(=O)[C@@H](N)Cc4ccc(F)c(F)c4)CC3)c21. The summed E-state index contributed by atoms with van der Waals surface area (Å²) in [7, 11) is 1.66. The molecule has 11 heteroatoms. The van der Waals surface area contributed by atoms with E-state index in [1.54, 1.807) is 18.0 Å². The van der Waals surface area contributed by atoms with Gasteiger partial charge in [-0.25, -0.2) is 13.6 Å². The molecular weight excluding hydrogens is 532 g/mol. The summed E-state index contributed by atoms with van der Waals surface area (Å²) in [6.07, 6.45) is 5.38. The molecule has 0 bridgehead atoms. The zero-order valence-electron chi connectivity index (χ0n) is 23.2. The number of imide groups is 1. The molecule has 0 saturated carbocycles. The number of hydrogen-bond acceptors (Lipinski definition) is 5. The Balaban J connectivity index is 1.17. The van der Waals surface area contributed by atoms with E-state index in [2.05, 4.69) is 0 Å². The van der Waals surface area contributed by atoms with E-state index >= 15 is 0 Å². The number of likely N-dealkylation sites (tertiary alicyclic amines) is 1. The summed E-state index contributed by atoms with van der Waals surface area (Å²) in [5.74, 6) is -2.35. The minimum absolute atomic E-state index is 0.145. The van der Waals surface area contributed by atoms with Crippen molar-refractivity contribution in [3.8, 4) is 0 Å². The van der Waals surface area contributed by atoms with Crippen molar-refractivity contribution in [2.75, 3.05) is 18.1 Å². The highest BCUT2D eigenvalue weighted by molar-refractivity contribution is 6.11. The van der Waals surface area contributed by atoms with Crippen LogP contribution in [0.1, 0.15) is 56.1 Å². The fraction of sp³-hybridized carbons (Fsp3) is 0.467. The number of nitrogens with zero attached hydrogens (tertiary/aromatic N) is 4. The van der Waals surface area contributed by atoms with Gasteiger partial charge in [0.05, 0.1) is 17.1 Å². The fourth-order valence-electron chi connectivity index (χ4n) is 6.10. The van der Waals surface area contributed by atoms with Gasteiger partial charge in [-0.15, -0.1) is 0 Å². The lowest BCUT2D eigenvalue weighted by Crippen LogP contribution is -2.52. The summed E-state index contributed by atoms with van der Waals surface area (Å²) >= 11 is 0. The summed E-state index contributed by atoms with van der Waals surface area (Å²) in [5, 5.41) is 0.997. The van der Waals surface area contributed by atoms with Crippen LogP contribution in [-0.4, -0.2) is 51.0 Å². The number of benzene rings is 2. The molecule has 2 fully saturated rings. The topological polar surface area (TPSA) is 111 Å². The van der Waals surface area contributed by atoms with E-state index in [1.807, 2.05) is 12.1 Å². The largest absolute Gasteiger partial charge is 0.348 e. The predicted molar refractivity (Wildman–Crippen MR) is 150 cm³/mol. The lowest BCUT2D eigenvalue weighted by atomic mass is 9.90. The standard InChI is InChI=1S/C30H35F2N5O4/c1-34-28-21(7-3-8-25(28)36(30(34)41)37-26(38)9-4-10-27(37)39)6-2-5-19-13-15-35(16-14-19)29(40)24(33)18-20-11-12-22(31)23(32)17-20/h3,7-8,11-12,17,19,24H,2,4-6,9-10,13-16,18,33H2,1H3/t24-/m0/s1. The van der Waals surface area contributed by atoms with Crippen LogP contribution in [0.4, 0.5) is 8.78 Å². The van der Waals surface area contributed by atoms with Gasteiger partial charge in [-0.1, -0.05) is 18.2 Å². The van der Waals surface area contributed by atoms with E-state index in [0.717, 1.165) is 60.3 Å². The Morgan fingerprint density at radius 1 is 1.02 bits per heavy atom. The minimum atomic E-state index is -0.953. The average molecular weight is 568 g/mol. The van der Waals surface area contributed by atoms with Crippen molar-refractivity contribution in [1.82, 2.24) is 14.1 Å². The quantitative estimate of drug-likeness (QED) is 0.421. The summed E-state index contributed by atoms with van der Waals surface area (Å²) in [4.78, 5) is 52.8. The number of aryl methyl sites for hydroxylation is 2. The maximum Gasteiger partial charge on any atom is 0.348 e. The molecule has 3 amide bonds. The maximum absolute atomic E-state index is 13.5. The van der Waals surface area contributed by atoms with Crippen LogP contribution in [0.5, 0.6) is 0 Å². The number of amides is 3. The molecule has 0 spiro atoms. The van der Waals surface area contributed by atoms with Gasteiger partial charge in [-0.3, -0.25) is 19.0 Å². The molecule has 9 nitrogen and oxygen atoms in total. The van der Waals surface area contributed by atoms with Crippen molar-refractivity contribution >= 4 is 28.8 Å². The first-order valence-corrected chi connectivity index (χ1v) is 14.2. The van der Waals surface area contributed by atoms with Crippen molar-refractivity contribution in [2.45, 2.75) is 63.8 Å². The first kappa shape index (κ1) is 28.7. The number of carbonyl (C=O) groups is 3. The van der Waals surface area contributed by atoms with Gasteiger partial charge >= 0.3 is 5.69 Å². The number of imidazole rings is 1. The van der Waals surface area contributed by atoms with Gasteiger partial charge < -0.3 is 10.6 Å². The second-order valence-corrected chi connectivity index (χ2v) is 11.1. The Labute approximate surface area is 236 Å². The molecule has 0 radical (unpaired) electrons. The lowest BCUT2D eigenvalue weighted by molar-refractivity contribution is -0.134. The van der Waals surface area contributed by atoms with E-state index in [4.69, 9.17) is 5.73 Å². The highest BCUT2D eigenvalue weighted by atomic mass is 19.2. The molecule has 0 aliphatic carbocycles. The molecule has 5 rings (SSSR count). The summed E-state index contributed by atoms with van der Waals surface area (Å²) < 4.78 is 29.4. The molecular formula is C30H35F2N5O4. The van der Waals surface area contributed by atoms with Crippen LogP contribution in [0.3, 0.4) is 0 Å². The van der Waals surface area contributed by atoms with Crippen molar-refractivity contribution in [2.24, 2.45) is 18.7 Å². The second kappa shape index (κ2) is 11.9. The highest BCUT2D eigenvalue weighted by Gasteiger charge is 2.31. The van der Waals surface area contributed by atoms with E-state index in [-0.39, 0.29) is 37.0 Å². The van der Waals surface area contributed by atoms with Crippen LogP contribution >= 0.6 is 0 Å². The molecule has 2 aliphatic heterocycles.